The summed E-state index contributed by atoms with van der Waals surface area (Å²) in [6.07, 6.45) is 3.78. The first-order valence-corrected chi connectivity index (χ1v) is 9.97. The number of carbonyl (C=O) groups is 1. The van der Waals surface area contributed by atoms with Crippen LogP contribution in [0.4, 0.5) is 4.79 Å². The normalized spacial score (nSPS) is 29.2. The van der Waals surface area contributed by atoms with Crippen LogP contribution in [0, 0.1) is 11.3 Å². The van der Waals surface area contributed by atoms with Gasteiger partial charge in [0.2, 0.25) is 0 Å². The van der Waals surface area contributed by atoms with Crippen molar-refractivity contribution in [3.05, 3.63) is 0 Å². The van der Waals surface area contributed by atoms with Crippen LogP contribution in [0.15, 0.2) is 4.99 Å². The zero-order valence-electron chi connectivity index (χ0n) is 17.0. The maximum Gasteiger partial charge on any atom is 0.409 e. The summed E-state index contributed by atoms with van der Waals surface area (Å²) in [7, 11) is 1.79. The second kappa shape index (κ2) is 8.93. The summed E-state index contributed by atoms with van der Waals surface area (Å²) in [5.74, 6) is 0.878. The first-order chi connectivity index (χ1) is 12.4. The lowest BCUT2D eigenvalue weighted by molar-refractivity contribution is -0.156. The number of hydrogen-bond acceptors (Lipinski definition) is 4. The fraction of sp³-hybridized carbons (Fsp3) is 0.895. The quantitative estimate of drug-likeness (QED) is 0.555. The molecule has 1 amide bonds. The Kier molecular flexibility index (Phi) is 7.15. The maximum atomic E-state index is 11.8. The number of rotatable bonds is 6. The third-order valence-corrected chi connectivity index (χ3v) is 6.35. The van der Waals surface area contributed by atoms with Crippen molar-refractivity contribution in [1.82, 2.24) is 10.2 Å². The second-order valence-electron chi connectivity index (χ2n) is 7.52. The van der Waals surface area contributed by atoms with Gasteiger partial charge in [-0.2, -0.15) is 0 Å². The Morgan fingerprint density at radius 1 is 1.27 bits per heavy atom. The number of nitrogens with zero attached hydrogens (tertiary/aromatic N) is 2. The van der Waals surface area contributed by atoms with Crippen LogP contribution in [0.2, 0.25) is 0 Å². The Morgan fingerprint density at radius 2 is 1.88 bits per heavy atom. The van der Waals surface area contributed by atoms with Gasteiger partial charge in [0.25, 0.3) is 0 Å². The molecule has 1 aliphatic carbocycles. The Labute approximate surface area is 157 Å². The van der Waals surface area contributed by atoms with Crippen molar-refractivity contribution in [2.45, 2.75) is 71.6 Å². The molecule has 0 radical (unpaired) electrons. The molecule has 26 heavy (non-hydrogen) atoms. The van der Waals surface area contributed by atoms with Gasteiger partial charge in [-0.25, -0.2) is 9.79 Å². The molecule has 0 spiro atoms. The summed E-state index contributed by atoms with van der Waals surface area (Å²) in [5, 5.41) is 3.36. The average molecular weight is 369 g/mol. The van der Waals surface area contributed by atoms with Crippen LogP contribution in [-0.2, 0) is 9.47 Å². The number of nitrogens with one attached hydrogen (secondary N) is 1. The molecule has 1 saturated heterocycles. The van der Waals surface area contributed by atoms with Gasteiger partial charge in [0.05, 0.1) is 18.8 Å². The van der Waals surface area contributed by atoms with Gasteiger partial charge in [0, 0.05) is 37.6 Å². The smallest absolute Gasteiger partial charge is 0.409 e. The maximum absolute atomic E-state index is 11.8. The van der Waals surface area contributed by atoms with E-state index in [0.29, 0.717) is 31.6 Å². The lowest BCUT2D eigenvalue weighted by Crippen LogP contribution is -2.64. The van der Waals surface area contributed by atoms with Gasteiger partial charge >= 0.3 is 6.09 Å². The van der Waals surface area contributed by atoms with Crippen molar-refractivity contribution in [3.63, 3.8) is 0 Å². The van der Waals surface area contributed by atoms with Crippen LogP contribution in [0.25, 0.3) is 0 Å². The molecule has 3 N–H and O–H groups in total. The fourth-order valence-electron chi connectivity index (χ4n) is 4.85. The van der Waals surface area contributed by atoms with E-state index in [-0.39, 0.29) is 29.7 Å². The van der Waals surface area contributed by atoms with Gasteiger partial charge in [-0.3, -0.25) is 0 Å². The third kappa shape index (κ3) is 3.92. The van der Waals surface area contributed by atoms with Crippen LogP contribution in [0.1, 0.15) is 53.4 Å². The van der Waals surface area contributed by atoms with E-state index in [1.54, 1.807) is 12.0 Å². The molecule has 3 unspecified atom stereocenters. The zero-order valence-corrected chi connectivity index (χ0v) is 17.0. The van der Waals surface area contributed by atoms with Crippen molar-refractivity contribution in [3.8, 4) is 0 Å². The first-order valence-electron chi connectivity index (χ1n) is 9.97. The highest BCUT2D eigenvalue weighted by Gasteiger charge is 2.58. The minimum Gasteiger partial charge on any atom is -0.450 e. The highest BCUT2D eigenvalue weighted by Crippen LogP contribution is 2.54. The van der Waals surface area contributed by atoms with E-state index in [4.69, 9.17) is 20.2 Å². The molecule has 2 aliphatic rings. The summed E-state index contributed by atoms with van der Waals surface area (Å²) in [4.78, 5) is 18.4. The number of aliphatic imine (C=N–C) groups is 1. The number of nitrogens with two attached hydrogens (primary N) is 1. The molecule has 7 nitrogen and oxygen atoms in total. The van der Waals surface area contributed by atoms with Gasteiger partial charge in [-0.15, -0.1) is 0 Å². The summed E-state index contributed by atoms with van der Waals surface area (Å²) in [5.41, 5.74) is 6.31. The van der Waals surface area contributed by atoms with Crippen molar-refractivity contribution >= 4 is 12.1 Å². The molecular weight excluding hydrogens is 332 g/mol. The summed E-state index contributed by atoms with van der Waals surface area (Å²) in [6, 6.07) is 0.435. The molecule has 7 heteroatoms. The number of likely N-dealkylation sites (tertiary alicyclic amines) is 1. The number of guanidine groups is 1. The largest absolute Gasteiger partial charge is 0.450 e. The summed E-state index contributed by atoms with van der Waals surface area (Å²) < 4.78 is 10.8. The Bertz CT molecular complexity index is 499. The van der Waals surface area contributed by atoms with Gasteiger partial charge in [-0.1, -0.05) is 20.8 Å². The highest BCUT2D eigenvalue weighted by molar-refractivity contribution is 5.78. The predicted molar refractivity (Wildman–Crippen MR) is 103 cm³/mol. The second-order valence-corrected chi connectivity index (χ2v) is 7.52. The summed E-state index contributed by atoms with van der Waals surface area (Å²) >= 11 is 0. The van der Waals surface area contributed by atoms with Gasteiger partial charge in [-0.05, 0) is 32.6 Å². The van der Waals surface area contributed by atoms with Crippen LogP contribution < -0.4 is 11.1 Å². The standard InChI is InChI=1S/C19H36N4O3/c1-6-19(7-2)15(13(4)16(19)25-5)22-17(20)21-14-9-11-23(12-10-14)18(24)26-8-3/h13-16H,6-12H2,1-5H3,(H3,20,21,22). The molecule has 0 bridgehead atoms. The monoisotopic (exact) mass is 368 g/mol. The molecule has 0 aromatic heterocycles. The molecule has 3 atom stereocenters. The van der Waals surface area contributed by atoms with E-state index in [1.807, 2.05) is 6.92 Å². The van der Waals surface area contributed by atoms with E-state index in [0.717, 1.165) is 25.7 Å². The molecule has 2 fully saturated rings. The van der Waals surface area contributed by atoms with Gasteiger partial charge in [0.1, 0.15) is 0 Å². The van der Waals surface area contributed by atoms with Crippen LogP contribution in [-0.4, -0.2) is 61.9 Å². The third-order valence-electron chi connectivity index (χ3n) is 6.35. The van der Waals surface area contributed by atoms with Crippen LogP contribution in [0.5, 0.6) is 0 Å². The number of methoxy groups -OCH3 is 1. The van der Waals surface area contributed by atoms with Crippen LogP contribution >= 0.6 is 0 Å². The van der Waals surface area contributed by atoms with E-state index < -0.39 is 0 Å². The number of ether oxygens (including phenoxy) is 2. The molecule has 1 heterocycles. The first kappa shape index (κ1) is 20.8. The van der Waals surface area contributed by atoms with Crippen LogP contribution in [0.3, 0.4) is 0 Å². The van der Waals surface area contributed by atoms with E-state index >= 15 is 0 Å². The Hall–Kier alpha value is -1.50. The summed E-state index contributed by atoms with van der Waals surface area (Å²) in [6.45, 7) is 10.2. The fourth-order valence-corrected chi connectivity index (χ4v) is 4.85. The minimum absolute atomic E-state index is 0.0771. The van der Waals surface area contributed by atoms with Crippen molar-refractivity contribution < 1.29 is 14.3 Å². The minimum atomic E-state index is -0.225. The van der Waals surface area contributed by atoms with E-state index in [9.17, 15) is 4.79 Å². The molecule has 2 rings (SSSR count). The SMILES string of the molecule is CCOC(=O)N1CCC(NC(N)=NC2C(C)C(OC)C2(CC)CC)CC1. The molecule has 0 aromatic carbocycles. The van der Waals surface area contributed by atoms with Crippen molar-refractivity contribution in [1.29, 1.82) is 0 Å². The predicted octanol–water partition coefficient (Wildman–Crippen LogP) is 2.35. The topological polar surface area (TPSA) is 89.2 Å². The van der Waals surface area contributed by atoms with E-state index in [2.05, 4.69) is 26.1 Å². The highest BCUT2D eigenvalue weighted by atomic mass is 16.6. The van der Waals surface area contributed by atoms with Gasteiger partial charge in [0.15, 0.2) is 5.96 Å². The molecule has 0 aromatic rings. The zero-order chi connectivity index (χ0) is 19.3. The molecule has 1 aliphatic heterocycles. The number of hydrogen-bond donors (Lipinski definition) is 2. The molecular formula is C19H36N4O3. The number of amides is 1. The van der Waals surface area contributed by atoms with Crippen molar-refractivity contribution in [2.24, 2.45) is 22.1 Å². The molecule has 150 valence electrons. The lowest BCUT2D eigenvalue weighted by Gasteiger charge is -2.57. The van der Waals surface area contributed by atoms with Crippen molar-refractivity contribution in [2.75, 3.05) is 26.8 Å². The average Bonchev–Trinajstić information content (AvgIpc) is 2.64. The van der Waals surface area contributed by atoms with E-state index in [1.165, 1.54) is 0 Å². The lowest BCUT2D eigenvalue weighted by atomic mass is 9.53. The number of carbonyl (C=O) groups excluding carboxylic acids is 1. The Morgan fingerprint density at radius 3 is 2.38 bits per heavy atom. The van der Waals surface area contributed by atoms with Gasteiger partial charge < -0.3 is 25.4 Å². The molecule has 1 saturated carbocycles. The Balaban J connectivity index is 1.92. The number of piperidine rings is 1.